The molecular formula is C28H28N4O4S. The van der Waals surface area contributed by atoms with E-state index in [-0.39, 0.29) is 18.1 Å². The molecule has 0 aliphatic heterocycles. The quantitative estimate of drug-likeness (QED) is 0.335. The molecule has 5 rings (SSSR count). The molecule has 1 amide bonds. The van der Waals surface area contributed by atoms with Gasteiger partial charge in [0.15, 0.2) is 18.1 Å². The van der Waals surface area contributed by atoms with Crippen molar-refractivity contribution in [3.8, 4) is 11.5 Å². The summed E-state index contributed by atoms with van der Waals surface area (Å²) in [5.41, 5.74) is 3.44. The minimum atomic E-state index is -0.264. The molecule has 1 N–H and O–H groups in total. The van der Waals surface area contributed by atoms with Crippen molar-refractivity contribution in [2.75, 3.05) is 18.5 Å². The van der Waals surface area contributed by atoms with E-state index in [4.69, 9.17) is 9.47 Å². The number of ether oxygens (including phenoxy) is 2. The van der Waals surface area contributed by atoms with Crippen LogP contribution in [0.4, 0.5) is 5.69 Å². The Balaban J connectivity index is 1.32. The van der Waals surface area contributed by atoms with Crippen molar-refractivity contribution in [1.29, 1.82) is 0 Å². The fourth-order valence-corrected chi connectivity index (χ4v) is 5.60. The van der Waals surface area contributed by atoms with Gasteiger partial charge in [0.25, 0.3) is 11.5 Å². The first kappa shape index (κ1) is 24.7. The Bertz CT molecular complexity index is 1540. The molecule has 0 unspecified atom stereocenters. The molecule has 0 saturated carbocycles. The van der Waals surface area contributed by atoms with Gasteiger partial charge in [0, 0.05) is 10.6 Å². The highest BCUT2D eigenvalue weighted by Crippen LogP contribution is 2.33. The smallest absolute Gasteiger partial charge is 0.282 e. The zero-order valence-electron chi connectivity index (χ0n) is 20.8. The summed E-state index contributed by atoms with van der Waals surface area (Å²) in [6.45, 7) is 4.07. The number of thiophene rings is 1. The molecule has 2 heterocycles. The minimum absolute atomic E-state index is 0.148. The predicted octanol–water partition coefficient (Wildman–Crippen LogP) is 4.94. The van der Waals surface area contributed by atoms with Gasteiger partial charge in [-0.05, 0) is 80.5 Å². The monoisotopic (exact) mass is 516 g/mol. The third kappa shape index (κ3) is 5.41. The van der Waals surface area contributed by atoms with Crippen LogP contribution in [0, 0.1) is 6.92 Å². The second-order valence-electron chi connectivity index (χ2n) is 8.82. The maximum atomic E-state index is 13.1. The number of carbonyl (C=O) groups is 1. The topological polar surface area (TPSA) is 94.8 Å². The highest BCUT2D eigenvalue weighted by molar-refractivity contribution is 7.18. The molecule has 190 valence electrons. The maximum absolute atomic E-state index is 13.1. The lowest BCUT2D eigenvalue weighted by Crippen LogP contribution is -2.20. The molecule has 2 aromatic heterocycles. The van der Waals surface area contributed by atoms with Gasteiger partial charge in [-0.2, -0.15) is 9.78 Å². The van der Waals surface area contributed by atoms with Crippen LogP contribution in [0.15, 0.2) is 58.7 Å². The first-order chi connectivity index (χ1) is 18.0. The van der Waals surface area contributed by atoms with Crippen LogP contribution in [0.25, 0.3) is 10.2 Å². The number of hydrogen-bond donors (Lipinski definition) is 1. The Morgan fingerprint density at radius 3 is 2.84 bits per heavy atom. The van der Waals surface area contributed by atoms with E-state index in [9.17, 15) is 9.59 Å². The third-order valence-corrected chi connectivity index (χ3v) is 7.44. The van der Waals surface area contributed by atoms with Gasteiger partial charge in [0.1, 0.15) is 11.2 Å². The molecule has 0 atom stereocenters. The highest BCUT2D eigenvalue weighted by Gasteiger charge is 2.20. The molecule has 0 saturated heterocycles. The van der Waals surface area contributed by atoms with Gasteiger partial charge < -0.3 is 14.8 Å². The first-order valence-corrected chi connectivity index (χ1v) is 13.2. The summed E-state index contributed by atoms with van der Waals surface area (Å²) in [5.74, 6) is 0.673. The van der Waals surface area contributed by atoms with E-state index in [1.54, 1.807) is 35.8 Å². The van der Waals surface area contributed by atoms with Crippen molar-refractivity contribution in [2.24, 2.45) is 5.10 Å². The summed E-state index contributed by atoms with van der Waals surface area (Å²) in [7, 11) is 0. The number of amides is 1. The number of benzene rings is 2. The average molecular weight is 517 g/mol. The molecule has 0 radical (unpaired) electrons. The fraction of sp³-hybridized carbons (Fsp3) is 0.286. The Morgan fingerprint density at radius 2 is 2.00 bits per heavy atom. The van der Waals surface area contributed by atoms with Crippen LogP contribution in [-0.4, -0.2) is 35.0 Å². The van der Waals surface area contributed by atoms with Crippen LogP contribution in [0.3, 0.4) is 0 Å². The molecule has 4 aromatic rings. The van der Waals surface area contributed by atoms with Gasteiger partial charge in [-0.15, -0.1) is 11.3 Å². The van der Waals surface area contributed by atoms with E-state index in [0.29, 0.717) is 23.5 Å². The zero-order chi connectivity index (χ0) is 25.8. The van der Waals surface area contributed by atoms with E-state index in [2.05, 4.69) is 15.4 Å². The van der Waals surface area contributed by atoms with Crippen molar-refractivity contribution >= 4 is 39.4 Å². The fourth-order valence-electron chi connectivity index (χ4n) is 4.38. The van der Waals surface area contributed by atoms with E-state index in [1.807, 2.05) is 38.1 Å². The SMILES string of the molecule is CCOc1cc(C=Nn2cnc3sc4c(c3c2=O)CCCC4)ccc1OCC(=O)Nc1ccccc1C. The number of nitrogens with one attached hydrogen (secondary N) is 1. The first-order valence-electron chi connectivity index (χ1n) is 12.3. The van der Waals surface area contributed by atoms with Gasteiger partial charge in [-0.3, -0.25) is 9.59 Å². The molecule has 1 aliphatic carbocycles. The lowest BCUT2D eigenvalue weighted by Gasteiger charge is -2.13. The van der Waals surface area contributed by atoms with E-state index in [1.165, 1.54) is 15.9 Å². The van der Waals surface area contributed by atoms with Crippen LogP contribution in [-0.2, 0) is 17.6 Å². The van der Waals surface area contributed by atoms with Gasteiger partial charge >= 0.3 is 0 Å². The van der Waals surface area contributed by atoms with Crippen molar-refractivity contribution in [1.82, 2.24) is 9.66 Å². The molecular weight excluding hydrogens is 488 g/mol. The molecule has 0 spiro atoms. The molecule has 37 heavy (non-hydrogen) atoms. The number of carbonyl (C=O) groups excluding carboxylic acids is 1. The van der Waals surface area contributed by atoms with Crippen molar-refractivity contribution in [2.45, 2.75) is 39.5 Å². The number of para-hydroxylation sites is 1. The van der Waals surface area contributed by atoms with Crippen LogP contribution in [0.2, 0.25) is 0 Å². The standard InChI is InChI=1S/C28H28N4O4S/c1-3-35-23-14-19(12-13-22(23)36-16-25(33)31-21-10-6-4-8-18(21)2)15-30-32-17-29-27-26(28(32)34)20-9-5-7-11-24(20)37-27/h4,6,8,10,12-15,17H,3,5,7,9,11,16H2,1-2H3,(H,31,33). The van der Waals surface area contributed by atoms with Gasteiger partial charge in [-0.1, -0.05) is 18.2 Å². The van der Waals surface area contributed by atoms with Crippen molar-refractivity contribution < 1.29 is 14.3 Å². The van der Waals surface area contributed by atoms with Gasteiger partial charge in [0.2, 0.25) is 0 Å². The van der Waals surface area contributed by atoms with Crippen molar-refractivity contribution in [3.05, 3.63) is 80.7 Å². The van der Waals surface area contributed by atoms with Crippen LogP contribution >= 0.6 is 11.3 Å². The van der Waals surface area contributed by atoms with Gasteiger partial charge in [0.05, 0.1) is 18.2 Å². The summed E-state index contributed by atoms with van der Waals surface area (Å²) in [4.78, 5) is 32.1. The Hall–Kier alpha value is -3.98. The number of rotatable bonds is 8. The molecule has 8 nitrogen and oxygen atoms in total. The summed E-state index contributed by atoms with van der Waals surface area (Å²) < 4.78 is 12.8. The third-order valence-electron chi connectivity index (χ3n) is 6.24. The van der Waals surface area contributed by atoms with E-state index in [0.717, 1.165) is 52.9 Å². The highest BCUT2D eigenvalue weighted by atomic mass is 32.1. The Kier molecular flexibility index (Phi) is 7.32. The number of hydrogen-bond acceptors (Lipinski definition) is 7. The Labute approximate surface area is 218 Å². The minimum Gasteiger partial charge on any atom is -0.490 e. The van der Waals surface area contributed by atoms with E-state index < -0.39 is 0 Å². The molecule has 9 heteroatoms. The number of fused-ring (bicyclic) bond motifs is 3. The number of aryl methyl sites for hydroxylation is 3. The lowest BCUT2D eigenvalue weighted by atomic mass is 9.97. The summed E-state index contributed by atoms with van der Waals surface area (Å²) in [5, 5.41) is 7.93. The zero-order valence-corrected chi connectivity index (χ0v) is 21.6. The Morgan fingerprint density at radius 1 is 1.16 bits per heavy atom. The summed E-state index contributed by atoms with van der Waals surface area (Å²) >= 11 is 1.62. The molecule has 2 aromatic carbocycles. The maximum Gasteiger partial charge on any atom is 0.282 e. The summed E-state index contributed by atoms with van der Waals surface area (Å²) in [6.07, 6.45) is 7.25. The number of aromatic nitrogens is 2. The predicted molar refractivity (Wildman–Crippen MR) is 146 cm³/mol. The van der Waals surface area contributed by atoms with Crippen LogP contribution in [0.5, 0.6) is 11.5 Å². The molecule has 0 fully saturated rings. The molecule has 1 aliphatic rings. The molecule has 0 bridgehead atoms. The summed E-state index contributed by atoms with van der Waals surface area (Å²) in [6, 6.07) is 12.9. The number of anilines is 1. The number of nitrogens with zero attached hydrogens (tertiary/aromatic N) is 3. The van der Waals surface area contributed by atoms with E-state index >= 15 is 0 Å². The lowest BCUT2D eigenvalue weighted by molar-refractivity contribution is -0.118. The van der Waals surface area contributed by atoms with Crippen LogP contribution in [0.1, 0.15) is 41.3 Å². The van der Waals surface area contributed by atoms with Crippen LogP contribution < -0.4 is 20.3 Å². The average Bonchev–Trinajstić information content (AvgIpc) is 3.29. The normalized spacial score (nSPS) is 13.0. The van der Waals surface area contributed by atoms with Gasteiger partial charge in [-0.25, -0.2) is 4.98 Å². The second kappa shape index (κ2) is 11.0. The second-order valence-corrected chi connectivity index (χ2v) is 9.90. The largest absolute Gasteiger partial charge is 0.490 e. The van der Waals surface area contributed by atoms with Crippen molar-refractivity contribution in [3.63, 3.8) is 0 Å².